The van der Waals surface area contributed by atoms with Gasteiger partial charge in [0.15, 0.2) is 0 Å². The van der Waals surface area contributed by atoms with E-state index in [1.807, 2.05) is 12.1 Å². The fraction of sp³-hybridized carbons (Fsp3) is 0.550. The summed E-state index contributed by atoms with van der Waals surface area (Å²) in [6.07, 6.45) is 1.59. The van der Waals surface area contributed by atoms with Gasteiger partial charge in [-0.15, -0.1) is 0 Å². The Labute approximate surface area is 186 Å². The number of alkyl carbamates (subject to hydrolysis) is 1. The first-order chi connectivity index (χ1) is 14.0. The maximum Gasteiger partial charge on any atom is 0.407 e. The summed E-state index contributed by atoms with van der Waals surface area (Å²) in [6.45, 7) is 5.71. The van der Waals surface area contributed by atoms with E-state index in [4.69, 9.17) is 9.47 Å². The largest absolute Gasteiger partial charge is 0.496 e. The molecule has 0 saturated carbocycles. The van der Waals surface area contributed by atoms with Gasteiger partial charge in [0.05, 0.1) is 23.7 Å². The van der Waals surface area contributed by atoms with Crippen LogP contribution >= 0.6 is 15.9 Å². The number of hydroxylamine groups is 2. The summed E-state index contributed by atoms with van der Waals surface area (Å²) in [5, 5.41) is 15.7. The number of H-pyrrole nitrogens is 1. The van der Waals surface area contributed by atoms with Crippen molar-refractivity contribution in [3.05, 3.63) is 27.9 Å². The Morgan fingerprint density at radius 2 is 2.17 bits per heavy atom. The molecule has 0 saturated heterocycles. The van der Waals surface area contributed by atoms with Gasteiger partial charge < -0.3 is 25.0 Å². The van der Waals surface area contributed by atoms with E-state index >= 15 is 0 Å². The van der Waals surface area contributed by atoms with E-state index in [-0.39, 0.29) is 5.75 Å². The molecule has 1 aliphatic rings. The molecule has 166 valence electrons. The van der Waals surface area contributed by atoms with Crippen molar-refractivity contribution in [2.75, 3.05) is 25.7 Å². The minimum atomic E-state index is -1.20. The van der Waals surface area contributed by atoms with E-state index in [9.17, 15) is 14.2 Å². The van der Waals surface area contributed by atoms with Crippen molar-refractivity contribution in [2.24, 2.45) is 0 Å². The number of benzene rings is 1. The lowest BCUT2D eigenvalue weighted by molar-refractivity contribution is -0.141. The monoisotopic (exact) mass is 501 g/mol. The summed E-state index contributed by atoms with van der Waals surface area (Å²) in [7, 11) is 0.407. The smallest absolute Gasteiger partial charge is 0.407 e. The van der Waals surface area contributed by atoms with Crippen LogP contribution in [0.3, 0.4) is 0 Å². The second kappa shape index (κ2) is 8.86. The third-order valence-electron chi connectivity index (χ3n) is 4.92. The molecule has 0 aliphatic carbocycles. The lowest BCUT2D eigenvalue weighted by Crippen LogP contribution is -2.51. The molecule has 1 aromatic carbocycles. The van der Waals surface area contributed by atoms with E-state index in [1.165, 1.54) is 5.06 Å². The maximum absolute atomic E-state index is 12.4. The zero-order chi connectivity index (χ0) is 22.2. The third kappa shape index (κ3) is 4.99. The van der Waals surface area contributed by atoms with E-state index in [1.54, 1.807) is 34.1 Å². The molecule has 3 N–H and O–H groups in total. The maximum atomic E-state index is 12.4. The number of hydrogen-bond donors (Lipinski definition) is 3. The molecule has 0 bridgehead atoms. The van der Waals surface area contributed by atoms with Crippen LogP contribution in [0.1, 0.15) is 38.1 Å². The molecule has 0 fully saturated rings. The summed E-state index contributed by atoms with van der Waals surface area (Å²) in [5.74, 6) is 0.883. The number of rotatable bonds is 5. The Balaban J connectivity index is 2.03. The van der Waals surface area contributed by atoms with E-state index in [2.05, 4.69) is 26.2 Å². The van der Waals surface area contributed by atoms with Crippen LogP contribution in [0.5, 0.6) is 5.75 Å². The van der Waals surface area contributed by atoms with Crippen molar-refractivity contribution in [2.45, 2.75) is 44.9 Å². The number of methoxy groups -OCH3 is 1. The quantitative estimate of drug-likeness (QED) is 0.579. The number of fused-ring (bicyclic) bond motifs is 3. The molecule has 1 aliphatic heterocycles. The zero-order valence-corrected chi connectivity index (χ0v) is 20.1. The van der Waals surface area contributed by atoms with Crippen molar-refractivity contribution in [1.29, 1.82) is 0 Å². The molecule has 1 aromatic heterocycles. The van der Waals surface area contributed by atoms with Crippen molar-refractivity contribution in [3.8, 4) is 5.75 Å². The van der Waals surface area contributed by atoms with Gasteiger partial charge in [0.1, 0.15) is 11.4 Å². The van der Waals surface area contributed by atoms with E-state index in [0.717, 1.165) is 26.6 Å². The highest BCUT2D eigenvalue weighted by Gasteiger charge is 2.38. The number of carbonyl (C=O) groups excluding carboxylic acids is 1. The summed E-state index contributed by atoms with van der Waals surface area (Å²) in [5.41, 5.74) is 2.05. The molecule has 0 spiro atoms. The first-order valence-electron chi connectivity index (χ1n) is 9.63. The third-order valence-corrected chi connectivity index (χ3v) is 6.37. The highest BCUT2D eigenvalue weighted by molar-refractivity contribution is 9.10. The van der Waals surface area contributed by atoms with Gasteiger partial charge in [0.2, 0.25) is 0 Å². The van der Waals surface area contributed by atoms with Gasteiger partial charge in [-0.05, 0) is 60.8 Å². The minimum Gasteiger partial charge on any atom is -0.496 e. The molecule has 8 nitrogen and oxygen atoms in total. The number of amides is 1. The lowest BCUT2D eigenvalue weighted by atomic mass is 9.94. The highest BCUT2D eigenvalue weighted by Crippen LogP contribution is 2.39. The highest BCUT2D eigenvalue weighted by atomic mass is 79.9. The molecule has 1 unspecified atom stereocenters. The zero-order valence-electron chi connectivity index (χ0n) is 17.7. The summed E-state index contributed by atoms with van der Waals surface area (Å²) in [6, 6.07) is 2.67. The average molecular weight is 502 g/mol. The molecule has 3 atom stereocenters. The van der Waals surface area contributed by atoms with Crippen LogP contribution in [0.2, 0.25) is 0 Å². The number of hydrogen-bond acceptors (Lipinski definition) is 6. The van der Waals surface area contributed by atoms with Crippen LogP contribution in [-0.2, 0) is 22.0 Å². The van der Waals surface area contributed by atoms with Crippen molar-refractivity contribution in [1.82, 2.24) is 15.4 Å². The first-order valence-corrected chi connectivity index (χ1v) is 12.1. The van der Waals surface area contributed by atoms with Crippen LogP contribution in [0.15, 0.2) is 16.6 Å². The SMILES string of the molecule is COc1cc2c3c([nH]c2cc1Br)[C@H]([C@@H](CS(C)=O)NC(=O)OC(C)(C)C)N(O)CC3. The van der Waals surface area contributed by atoms with Crippen LogP contribution in [-0.4, -0.2) is 62.9 Å². The van der Waals surface area contributed by atoms with Gasteiger partial charge in [-0.2, -0.15) is 5.06 Å². The Kier molecular flexibility index (Phi) is 6.81. The van der Waals surface area contributed by atoms with Gasteiger partial charge in [-0.1, -0.05) is 0 Å². The number of aromatic amines is 1. The number of aromatic nitrogens is 1. The second-order valence-corrected chi connectivity index (χ2v) is 10.7. The standard InChI is InChI=1S/C20H28BrN3O5S/c1-20(2,3)29-19(25)23-15(10-30(5)27)18-17-11(6-7-24(18)26)12-8-16(28-4)13(21)9-14(12)22-17/h8-9,15,18,22,26H,6-7,10H2,1-5H3,(H,23,25)/t15-,18+,30?/m1/s1. The van der Waals surface area contributed by atoms with Crippen molar-refractivity contribution >= 4 is 43.7 Å². The molecule has 2 heterocycles. The Bertz CT molecular complexity index is 971. The molecular formula is C20H28BrN3O5S. The molecule has 2 aromatic rings. The molecule has 10 heteroatoms. The Hall–Kier alpha value is -1.62. The van der Waals surface area contributed by atoms with Crippen LogP contribution in [0.25, 0.3) is 10.9 Å². The van der Waals surface area contributed by atoms with Crippen LogP contribution in [0.4, 0.5) is 4.79 Å². The van der Waals surface area contributed by atoms with Crippen LogP contribution < -0.4 is 10.1 Å². The number of ether oxygens (including phenoxy) is 2. The van der Waals surface area contributed by atoms with E-state index in [0.29, 0.717) is 18.7 Å². The summed E-state index contributed by atoms with van der Waals surface area (Å²) < 4.78 is 23.7. The topological polar surface area (TPSA) is 104 Å². The molecule has 3 rings (SSSR count). The summed E-state index contributed by atoms with van der Waals surface area (Å²) in [4.78, 5) is 15.8. The van der Waals surface area contributed by atoms with Crippen molar-refractivity contribution < 1.29 is 23.7 Å². The van der Waals surface area contributed by atoms with Gasteiger partial charge in [-0.25, -0.2) is 4.79 Å². The number of nitrogens with zero attached hydrogens (tertiary/aromatic N) is 1. The average Bonchev–Trinajstić information content (AvgIpc) is 2.95. The second-order valence-electron chi connectivity index (χ2n) is 8.40. The normalized spacial score (nSPS) is 19.2. The molecule has 1 amide bonds. The first kappa shape index (κ1) is 23.1. The fourth-order valence-corrected chi connectivity index (χ4v) is 5.07. The number of halogens is 1. The van der Waals surface area contributed by atoms with E-state index < -0.39 is 34.6 Å². The van der Waals surface area contributed by atoms with Gasteiger partial charge in [0.25, 0.3) is 0 Å². The van der Waals surface area contributed by atoms with Crippen LogP contribution in [0, 0.1) is 0 Å². The number of nitrogens with one attached hydrogen (secondary N) is 2. The predicted molar refractivity (Wildman–Crippen MR) is 120 cm³/mol. The molecule has 0 radical (unpaired) electrons. The van der Waals surface area contributed by atoms with Gasteiger partial charge in [-0.3, -0.25) is 4.21 Å². The molecular weight excluding hydrogens is 474 g/mol. The van der Waals surface area contributed by atoms with Crippen molar-refractivity contribution in [3.63, 3.8) is 0 Å². The lowest BCUT2D eigenvalue weighted by Gasteiger charge is -2.36. The Morgan fingerprint density at radius 3 is 2.77 bits per heavy atom. The van der Waals surface area contributed by atoms with Gasteiger partial charge >= 0.3 is 6.09 Å². The summed E-state index contributed by atoms with van der Waals surface area (Å²) >= 11 is 3.50. The predicted octanol–water partition coefficient (Wildman–Crippen LogP) is 3.50. The Morgan fingerprint density at radius 1 is 1.47 bits per heavy atom. The van der Waals surface area contributed by atoms with Gasteiger partial charge in [0, 0.05) is 45.9 Å². The number of carbonyl (C=O) groups is 1. The minimum absolute atomic E-state index is 0.169. The molecule has 30 heavy (non-hydrogen) atoms. The fourth-order valence-electron chi connectivity index (χ4n) is 3.80.